The highest BCUT2D eigenvalue weighted by atomic mass is 16.6. The van der Waals surface area contributed by atoms with Crippen molar-refractivity contribution in [3.63, 3.8) is 0 Å². The number of rotatable bonds is 0. The van der Waals surface area contributed by atoms with Crippen LogP contribution >= 0.6 is 0 Å². The molecule has 0 aromatic heterocycles. The van der Waals surface area contributed by atoms with E-state index in [0.717, 1.165) is 12.8 Å². The van der Waals surface area contributed by atoms with E-state index < -0.39 is 0 Å². The first kappa shape index (κ1) is 7.84. The van der Waals surface area contributed by atoms with Gasteiger partial charge in [0.15, 0.2) is 0 Å². The molecule has 66 valence electrons. The van der Waals surface area contributed by atoms with Gasteiger partial charge in [0.05, 0.1) is 6.42 Å². The molecule has 0 spiro atoms. The Kier molecular flexibility index (Phi) is 1.53. The minimum Gasteiger partial charge on any atom is -0.457 e. The van der Waals surface area contributed by atoms with Crippen LogP contribution in [0.2, 0.25) is 0 Å². The minimum atomic E-state index is -0.0338. The first-order valence-electron chi connectivity index (χ1n) is 4.47. The molecule has 0 aromatic carbocycles. The summed E-state index contributed by atoms with van der Waals surface area (Å²) in [6.45, 7) is 4.25. The molecule has 0 aromatic rings. The van der Waals surface area contributed by atoms with Crippen LogP contribution in [0.15, 0.2) is 11.6 Å². The molecule has 1 heterocycles. The maximum absolute atomic E-state index is 11.1. The smallest absolute Gasteiger partial charge is 0.307 e. The van der Waals surface area contributed by atoms with Crippen molar-refractivity contribution in [2.45, 2.75) is 39.2 Å². The second-order valence-corrected chi connectivity index (χ2v) is 4.25. The lowest BCUT2D eigenvalue weighted by atomic mass is 9.74. The molecule has 2 aliphatic rings. The Morgan fingerprint density at radius 1 is 1.67 bits per heavy atom. The number of carbonyl (C=O) groups is 1. The van der Waals surface area contributed by atoms with Crippen LogP contribution in [-0.4, -0.2) is 12.1 Å². The Morgan fingerprint density at radius 2 is 2.42 bits per heavy atom. The van der Waals surface area contributed by atoms with Crippen LogP contribution in [0.3, 0.4) is 0 Å². The SMILES string of the molecule is CC1=CC2OC(=O)CC2(C)CC1. The number of hydrogen-bond acceptors (Lipinski definition) is 2. The largest absolute Gasteiger partial charge is 0.457 e. The molecule has 1 aliphatic heterocycles. The zero-order chi connectivity index (χ0) is 8.77. The van der Waals surface area contributed by atoms with E-state index in [1.54, 1.807) is 0 Å². The van der Waals surface area contributed by atoms with Crippen molar-refractivity contribution in [3.8, 4) is 0 Å². The zero-order valence-corrected chi connectivity index (χ0v) is 7.59. The lowest BCUT2D eigenvalue weighted by Crippen LogP contribution is -2.29. The second-order valence-electron chi connectivity index (χ2n) is 4.25. The maximum Gasteiger partial charge on any atom is 0.307 e. The van der Waals surface area contributed by atoms with Gasteiger partial charge in [-0.05, 0) is 25.8 Å². The van der Waals surface area contributed by atoms with Crippen molar-refractivity contribution in [2.75, 3.05) is 0 Å². The molecule has 1 aliphatic carbocycles. The molecule has 2 nitrogen and oxygen atoms in total. The standard InChI is InChI=1S/C10H14O2/c1-7-3-4-10(2)6-9(11)12-8(10)5-7/h5,8H,3-4,6H2,1-2H3. The van der Waals surface area contributed by atoms with Gasteiger partial charge < -0.3 is 4.74 Å². The average Bonchev–Trinajstić information content (AvgIpc) is 2.24. The predicted octanol–water partition coefficient (Wildman–Crippen LogP) is 2.05. The van der Waals surface area contributed by atoms with Crippen molar-refractivity contribution in [1.82, 2.24) is 0 Å². The van der Waals surface area contributed by atoms with Gasteiger partial charge in [-0.1, -0.05) is 12.5 Å². The van der Waals surface area contributed by atoms with Crippen LogP contribution in [0.5, 0.6) is 0 Å². The Hall–Kier alpha value is -0.790. The molecule has 2 heteroatoms. The van der Waals surface area contributed by atoms with Crippen LogP contribution in [0.25, 0.3) is 0 Å². The zero-order valence-electron chi connectivity index (χ0n) is 7.59. The molecule has 1 saturated heterocycles. The van der Waals surface area contributed by atoms with E-state index in [1.807, 2.05) is 0 Å². The summed E-state index contributed by atoms with van der Waals surface area (Å²) >= 11 is 0. The molecule has 0 amide bonds. The number of esters is 1. The molecule has 0 bridgehead atoms. The number of carbonyl (C=O) groups excluding carboxylic acids is 1. The van der Waals surface area contributed by atoms with E-state index in [1.165, 1.54) is 5.57 Å². The van der Waals surface area contributed by atoms with Gasteiger partial charge in [-0.2, -0.15) is 0 Å². The van der Waals surface area contributed by atoms with Gasteiger partial charge in [-0.15, -0.1) is 0 Å². The van der Waals surface area contributed by atoms with E-state index in [-0.39, 0.29) is 17.5 Å². The lowest BCUT2D eigenvalue weighted by Gasteiger charge is -2.30. The van der Waals surface area contributed by atoms with Gasteiger partial charge >= 0.3 is 5.97 Å². The van der Waals surface area contributed by atoms with E-state index in [4.69, 9.17) is 4.74 Å². The van der Waals surface area contributed by atoms with Crippen molar-refractivity contribution >= 4 is 5.97 Å². The fourth-order valence-corrected chi connectivity index (χ4v) is 2.05. The quantitative estimate of drug-likeness (QED) is 0.406. The van der Waals surface area contributed by atoms with Crippen molar-refractivity contribution in [3.05, 3.63) is 11.6 Å². The van der Waals surface area contributed by atoms with Crippen LogP contribution < -0.4 is 0 Å². The summed E-state index contributed by atoms with van der Waals surface area (Å²) in [7, 11) is 0. The Labute approximate surface area is 72.6 Å². The first-order chi connectivity index (χ1) is 5.60. The Balaban J connectivity index is 2.28. The second kappa shape index (κ2) is 2.35. The third-order valence-electron chi connectivity index (χ3n) is 3.02. The third kappa shape index (κ3) is 1.06. The molecule has 12 heavy (non-hydrogen) atoms. The number of hydrogen-bond donors (Lipinski definition) is 0. The molecular weight excluding hydrogens is 152 g/mol. The lowest BCUT2D eigenvalue weighted by molar-refractivity contribution is -0.140. The van der Waals surface area contributed by atoms with Gasteiger partial charge in [-0.3, -0.25) is 4.79 Å². The summed E-state index contributed by atoms with van der Waals surface area (Å²) in [5.41, 5.74) is 1.45. The van der Waals surface area contributed by atoms with E-state index in [9.17, 15) is 4.79 Å². The van der Waals surface area contributed by atoms with Crippen LogP contribution in [0.1, 0.15) is 33.1 Å². The topological polar surface area (TPSA) is 26.3 Å². The summed E-state index contributed by atoms with van der Waals surface area (Å²) in [6, 6.07) is 0. The van der Waals surface area contributed by atoms with Gasteiger partial charge in [0.2, 0.25) is 0 Å². The summed E-state index contributed by atoms with van der Waals surface area (Å²) in [5, 5.41) is 0. The van der Waals surface area contributed by atoms with Gasteiger partial charge in [-0.25, -0.2) is 0 Å². The monoisotopic (exact) mass is 166 g/mol. The molecule has 0 saturated carbocycles. The van der Waals surface area contributed by atoms with Gasteiger partial charge in [0.25, 0.3) is 0 Å². The van der Waals surface area contributed by atoms with Gasteiger partial charge in [0.1, 0.15) is 6.10 Å². The average molecular weight is 166 g/mol. The predicted molar refractivity (Wildman–Crippen MR) is 45.6 cm³/mol. The Bertz CT molecular complexity index is 255. The summed E-state index contributed by atoms with van der Waals surface area (Å²) in [4.78, 5) is 11.1. The van der Waals surface area contributed by atoms with Crippen molar-refractivity contribution in [2.24, 2.45) is 5.41 Å². The molecule has 2 unspecified atom stereocenters. The molecular formula is C10H14O2. The highest BCUT2D eigenvalue weighted by Crippen LogP contribution is 2.44. The minimum absolute atomic E-state index is 0.0338. The fraction of sp³-hybridized carbons (Fsp3) is 0.700. The van der Waals surface area contributed by atoms with Crippen LogP contribution in [0, 0.1) is 5.41 Å². The maximum atomic E-state index is 11.1. The number of ether oxygens (including phenoxy) is 1. The van der Waals surface area contributed by atoms with Gasteiger partial charge in [0, 0.05) is 5.41 Å². The van der Waals surface area contributed by atoms with E-state index in [2.05, 4.69) is 19.9 Å². The van der Waals surface area contributed by atoms with Crippen molar-refractivity contribution in [1.29, 1.82) is 0 Å². The molecule has 0 radical (unpaired) electrons. The van der Waals surface area contributed by atoms with Crippen LogP contribution in [0.4, 0.5) is 0 Å². The molecule has 2 rings (SSSR count). The molecule has 2 atom stereocenters. The Morgan fingerprint density at radius 3 is 3.17 bits per heavy atom. The number of fused-ring (bicyclic) bond motifs is 1. The highest BCUT2D eigenvalue weighted by molar-refractivity contribution is 5.73. The molecule has 1 fully saturated rings. The number of allylic oxidation sites excluding steroid dienone is 1. The first-order valence-corrected chi connectivity index (χ1v) is 4.47. The van der Waals surface area contributed by atoms with Crippen molar-refractivity contribution < 1.29 is 9.53 Å². The van der Waals surface area contributed by atoms with E-state index >= 15 is 0 Å². The van der Waals surface area contributed by atoms with E-state index in [0.29, 0.717) is 6.42 Å². The normalized spacial score (nSPS) is 40.3. The van der Waals surface area contributed by atoms with Crippen LogP contribution in [-0.2, 0) is 9.53 Å². The summed E-state index contributed by atoms with van der Waals surface area (Å²) in [5.74, 6) is -0.0338. The summed E-state index contributed by atoms with van der Waals surface area (Å²) in [6.07, 6.45) is 4.96. The highest BCUT2D eigenvalue weighted by Gasteiger charge is 2.45. The third-order valence-corrected chi connectivity index (χ3v) is 3.02. The fourth-order valence-electron chi connectivity index (χ4n) is 2.05. The summed E-state index contributed by atoms with van der Waals surface area (Å²) < 4.78 is 5.22. The molecule has 0 N–H and O–H groups in total.